The second-order valence-electron chi connectivity index (χ2n) is 1.80. The molecule has 0 heterocycles. The SMILES string of the molecule is CC.CC.CC.CCC(C)C.[2HH]. The van der Waals surface area contributed by atoms with Gasteiger partial charge in [-0.3, -0.25) is 0 Å². The molecule has 0 spiro atoms. The Balaban J connectivity index is -0.0000000203. The van der Waals surface area contributed by atoms with Crippen LogP contribution in [0.2, 0.25) is 0 Å². The van der Waals surface area contributed by atoms with E-state index in [0.29, 0.717) is 0 Å². The molecule has 0 aliphatic rings. The van der Waals surface area contributed by atoms with Gasteiger partial charge in [0, 0.05) is 1.43 Å². The van der Waals surface area contributed by atoms with Gasteiger partial charge in [-0.15, -0.1) is 0 Å². The van der Waals surface area contributed by atoms with E-state index in [2.05, 4.69) is 20.8 Å². The van der Waals surface area contributed by atoms with E-state index in [9.17, 15) is 0 Å². The molecule has 0 amide bonds. The van der Waals surface area contributed by atoms with Crippen LogP contribution in [0.15, 0.2) is 0 Å². The molecule has 0 rings (SSSR count). The zero-order valence-corrected chi connectivity index (χ0v) is 10.3. The van der Waals surface area contributed by atoms with Crippen LogP contribution in [-0.2, 0) is 0 Å². The molecule has 0 heteroatoms. The van der Waals surface area contributed by atoms with Gasteiger partial charge in [0.05, 0.1) is 0 Å². The average Bonchev–Trinajstić information content (AvgIpc) is 2.15. The Hall–Kier alpha value is 0. The predicted molar refractivity (Wildman–Crippen MR) is 61.3 cm³/mol. The van der Waals surface area contributed by atoms with Crippen LogP contribution in [0, 0.1) is 5.92 Å². The maximum atomic E-state index is 2.22. The van der Waals surface area contributed by atoms with Gasteiger partial charge in [0.1, 0.15) is 0 Å². The fourth-order valence-corrected chi connectivity index (χ4v) is 0. The highest BCUT2D eigenvalue weighted by Gasteiger charge is 1.80. The Bertz CT molecular complexity index is 19.0. The first-order valence-corrected chi connectivity index (χ1v) is 5.27. The van der Waals surface area contributed by atoms with Crippen LogP contribution in [0.5, 0.6) is 0 Å². The normalized spacial score (nSPS) is 6.00. The molecular formula is C11H32. The Kier molecular flexibility index (Phi) is 103. The summed E-state index contributed by atoms with van der Waals surface area (Å²) in [5, 5.41) is 0. The lowest BCUT2D eigenvalue weighted by atomic mass is 10.2. The molecule has 0 N–H and O–H groups in total. The summed E-state index contributed by atoms with van der Waals surface area (Å²) < 4.78 is 0. The first-order valence-electron chi connectivity index (χ1n) is 5.27. The third-order valence-corrected chi connectivity index (χ3v) is 0.816. The summed E-state index contributed by atoms with van der Waals surface area (Å²) in [6, 6.07) is 0. The van der Waals surface area contributed by atoms with Crippen LogP contribution >= 0.6 is 0 Å². The van der Waals surface area contributed by atoms with Crippen LogP contribution in [0.3, 0.4) is 0 Å². The van der Waals surface area contributed by atoms with Gasteiger partial charge in [-0.05, 0) is 5.92 Å². The van der Waals surface area contributed by atoms with Crippen molar-refractivity contribution in [2.45, 2.75) is 68.7 Å². The third-order valence-electron chi connectivity index (χ3n) is 0.816. The van der Waals surface area contributed by atoms with Crippen molar-refractivity contribution in [3.63, 3.8) is 0 Å². The standard InChI is InChI=1S/C5H12.3C2H6.H2/c1-4-5(2)3;3*1-2;/h5H,4H2,1-3H3;3*1-2H3;1H/i;;;;1+1. The van der Waals surface area contributed by atoms with E-state index in [1.165, 1.54) is 6.42 Å². The predicted octanol–water partition coefficient (Wildman–Crippen LogP) is 5.38. The first kappa shape index (κ1) is 22.4. The molecule has 0 aromatic rings. The fourth-order valence-electron chi connectivity index (χ4n) is 0. The van der Waals surface area contributed by atoms with Crippen LogP contribution < -0.4 is 0 Å². The minimum atomic E-state index is 0. The van der Waals surface area contributed by atoms with Gasteiger partial charge in [0.25, 0.3) is 0 Å². The minimum absolute atomic E-state index is 0. The van der Waals surface area contributed by atoms with Gasteiger partial charge in [-0.25, -0.2) is 0 Å². The molecule has 76 valence electrons. The topological polar surface area (TPSA) is 0 Å². The Morgan fingerprint density at radius 3 is 0.909 bits per heavy atom. The van der Waals surface area contributed by atoms with E-state index >= 15 is 0 Å². The molecule has 0 aliphatic heterocycles. The lowest BCUT2D eigenvalue weighted by molar-refractivity contribution is 0.626. The summed E-state index contributed by atoms with van der Waals surface area (Å²) >= 11 is 0. The van der Waals surface area contributed by atoms with Gasteiger partial charge in [-0.1, -0.05) is 68.7 Å². The highest BCUT2D eigenvalue weighted by atomic mass is 13.9. The smallest absolute Gasteiger partial charge is 0 e. The van der Waals surface area contributed by atoms with Crippen LogP contribution in [0.25, 0.3) is 0 Å². The molecule has 0 nitrogen and oxygen atoms in total. The molecule has 0 saturated carbocycles. The monoisotopic (exact) mass is 165 g/mol. The summed E-state index contributed by atoms with van der Waals surface area (Å²) in [6.45, 7) is 18.6. The fraction of sp³-hybridized carbons (Fsp3) is 1.00. The second kappa shape index (κ2) is 50.6. The minimum Gasteiger partial charge on any atom is -0.0683 e. The second-order valence-corrected chi connectivity index (χ2v) is 1.80. The van der Waals surface area contributed by atoms with Crippen molar-refractivity contribution in [3.05, 3.63) is 0 Å². The van der Waals surface area contributed by atoms with Crippen LogP contribution in [0.1, 0.15) is 70.2 Å². The number of hydrogen-bond donors (Lipinski definition) is 0. The van der Waals surface area contributed by atoms with Gasteiger partial charge < -0.3 is 0 Å². The maximum absolute atomic E-state index is 2.22. The molecule has 0 atom stereocenters. The molecule has 0 aromatic heterocycles. The quantitative estimate of drug-likeness (QED) is 0.489. The third kappa shape index (κ3) is 160. The van der Waals surface area contributed by atoms with Gasteiger partial charge in [0.2, 0.25) is 0 Å². The van der Waals surface area contributed by atoms with E-state index in [0.717, 1.165) is 5.92 Å². The highest BCUT2D eigenvalue weighted by molar-refractivity contribution is 4.32. The van der Waals surface area contributed by atoms with Crippen molar-refractivity contribution in [1.29, 1.82) is 0 Å². The van der Waals surface area contributed by atoms with Crippen molar-refractivity contribution in [1.82, 2.24) is 0 Å². The molecule has 0 unspecified atom stereocenters. The lowest BCUT2D eigenvalue weighted by Crippen LogP contribution is -1.77. The van der Waals surface area contributed by atoms with Gasteiger partial charge >= 0.3 is 0 Å². The molecule has 0 aromatic carbocycles. The Labute approximate surface area is 76.9 Å². The lowest BCUT2D eigenvalue weighted by Gasteiger charge is -1.90. The van der Waals surface area contributed by atoms with Crippen molar-refractivity contribution in [2.75, 3.05) is 0 Å². The molecule has 0 radical (unpaired) electrons. The van der Waals surface area contributed by atoms with Crippen molar-refractivity contribution in [3.8, 4) is 0 Å². The van der Waals surface area contributed by atoms with Crippen LogP contribution in [0.4, 0.5) is 0 Å². The largest absolute Gasteiger partial charge is 0.0683 e. The van der Waals surface area contributed by atoms with Crippen molar-refractivity contribution < 1.29 is 1.43 Å². The zero-order valence-electron chi connectivity index (χ0n) is 10.3. The van der Waals surface area contributed by atoms with Gasteiger partial charge in [-0.2, -0.15) is 0 Å². The van der Waals surface area contributed by atoms with E-state index in [4.69, 9.17) is 0 Å². The summed E-state index contributed by atoms with van der Waals surface area (Å²) in [5.74, 6) is 0.884. The highest BCUT2D eigenvalue weighted by Crippen LogP contribution is 1.93. The molecule has 0 aliphatic carbocycles. The van der Waals surface area contributed by atoms with E-state index < -0.39 is 0 Å². The molecular weight excluding hydrogens is 132 g/mol. The Morgan fingerprint density at radius 1 is 0.818 bits per heavy atom. The van der Waals surface area contributed by atoms with E-state index in [-0.39, 0.29) is 1.43 Å². The zero-order chi connectivity index (χ0) is 10.3. The van der Waals surface area contributed by atoms with Gasteiger partial charge in [0.15, 0.2) is 0 Å². The number of hydrogen-bond acceptors (Lipinski definition) is 0. The average molecular weight is 165 g/mol. The van der Waals surface area contributed by atoms with Crippen LogP contribution in [-0.4, -0.2) is 0 Å². The van der Waals surface area contributed by atoms with Crippen molar-refractivity contribution in [2.24, 2.45) is 5.92 Å². The molecule has 0 fully saturated rings. The molecule has 0 saturated heterocycles. The summed E-state index contributed by atoms with van der Waals surface area (Å²) in [7, 11) is 0. The van der Waals surface area contributed by atoms with E-state index in [1.807, 2.05) is 41.5 Å². The van der Waals surface area contributed by atoms with Crippen molar-refractivity contribution >= 4 is 0 Å². The molecule has 0 bridgehead atoms. The maximum Gasteiger partial charge on any atom is 0 e. The summed E-state index contributed by atoms with van der Waals surface area (Å²) in [6.07, 6.45) is 1.31. The Morgan fingerprint density at radius 2 is 0.909 bits per heavy atom. The summed E-state index contributed by atoms with van der Waals surface area (Å²) in [5.41, 5.74) is 0. The first-order chi connectivity index (χ1) is 5.27. The summed E-state index contributed by atoms with van der Waals surface area (Å²) in [4.78, 5) is 0. The van der Waals surface area contributed by atoms with E-state index in [1.54, 1.807) is 0 Å². The number of rotatable bonds is 1. The molecule has 11 heavy (non-hydrogen) atoms.